The van der Waals surface area contributed by atoms with Gasteiger partial charge >= 0.3 is 11.6 Å². The number of benzene rings is 2. The fourth-order valence-corrected chi connectivity index (χ4v) is 4.40. The molecule has 0 fully saturated rings. The first-order valence-corrected chi connectivity index (χ1v) is 11.4. The zero-order valence-electron chi connectivity index (χ0n) is 18.5. The zero-order chi connectivity index (χ0) is 23.6. The highest BCUT2D eigenvalue weighted by Gasteiger charge is 2.21. The van der Waals surface area contributed by atoms with Crippen LogP contribution in [0.2, 0.25) is 0 Å². The second kappa shape index (κ2) is 9.13. The summed E-state index contributed by atoms with van der Waals surface area (Å²) in [6.45, 7) is 5.89. The number of ether oxygens (including phenoxy) is 2. The van der Waals surface area contributed by atoms with Crippen molar-refractivity contribution in [2.75, 3.05) is 14.2 Å². The minimum absolute atomic E-state index is 0.0330. The molecule has 3 aromatic rings. The predicted octanol–water partition coefficient (Wildman–Crippen LogP) is 3.50. The summed E-state index contributed by atoms with van der Waals surface area (Å²) >= 11 is 0. The van der Waals surface area contributed by atoms with Crippen LogP contribution in [0.4, 0.5) is 0 Å². The van der Waals surface area contributed by atoms with E-state index in [0.29, 0.717) is 16.5 Å². The normalized spacial score (nSPS) is 11.7. The van der Waals surface area contributed by atoms with E-state index in [1.165, 1.54) is 38.4 Å². The molecule has 0 unspecified atom stereocenters. The first-order valence-electron chi connectivity index (χ1n) is 9.93. The smallest absolute Gasteiger partial charge is 0.338 e. The van der Waals surface area contributed by atoms with Gasteiger partial charge in [0, 0.05) is 17.0 Å². The molecule has 8 nitrogen and oxygen atoms in total. The van der Waals surface area contributed by atoms with Crippen molar-refractivity contribution in [2.45, 2.75) is 38.2 Å². The van der Waals surface area contributed by atoms with Crippen LogP contribution in [0.3, 0.4) is 0 Å². The van der Waals surface area contributed by atoms with Gasteiger partial charge in [-0.25, -0.2) is 22.7 Å². The fourth-order valence-electron chi connectivity index (χ4n) is 3.48. The van der Waals surface area contributed by atoms with Crippen LogP contribution in [0.25, 0.3) is 11.0 Å². The highest BCUT2D eigenvalue weighted by molar-refractivity contribution is 7.89. The highest BCUT2D eigenvalue weighted by Crippen LogP contribution is 2.28. The molecule has 0 aliphatic carbocycles. The molecule has 0 saturated heterocycles. The molecule has 1 heterocycles. The van der Waals surface area contributed by atoms with Crippen LogP contribution in [0.15, 0.2) is 50.5 Å². The van der Waals surface area contributed by atoms with E-state index in [4.69, 9.17) is 13.9 Å². The maximum absolute atomic E-state index is 12.7. The molecule has 0 spiro atoms. The molecular weight excluding hydrogens is 434 g/mol. The van der Waals surface area contributed by atoms with Gasteiger partial charge in [-0.15, -0.1) is 0 Å². The molecule has 2 aromatic carbocycles. The largest absolute Gasteiger partial charge is 0.495 e. The lowest BCUT2D eigenvalue weighted by atomic mass is 9.95. The molecule has 0 atom stereocenters. The number of methoxy groups -OCH3 is 1. The van der Waals surface area contributed by atoms with E-state index in [0.717, 1.165) is 11.1 Å². The van der Waals surface area contributed by atoms with Crippen molar-refractivity contribution in [2.24, 2.45) is 0 Å². The molecule has 0 bridgehead atoms. The quantitative estimate of drug-likeness (QED) is 0.425. The molecule has 0 radical (unpaired) electrons. The third kappa shape index (κ3) is 4.68. The molecule has 32 heavy (non-hydrogen) atoms. The van der Waals surface area contributed by atoms with E-state index < -0.39 is 21.6 Å². The van der Waals surface area contributed by atoms with Crippen molar-refractivity contribution < 1.29 is 27.1 Å². The second-order valence-corrected chi connectivity index (χ2v) is 9.45. The number of fused-ring (bicyclic) bond motifs is 1. The zero-order valence-corrected chi connectivity index (χ0v) is 19.3. The average Bonchev–Trinajstić information content (AvgIpc) is 2.75. The lowest BCUT2D eigenvalue weighted by Gasteiger charge is -2.13. The number of nitrogens with one attached hydrogen (secondary N) is 1. The van der Waals surface area contributed by atoms with Crippen LogP contribution in [0.1, 0.15) is 46.8 Å². The van der Waals surface area contributed by atoms with Crippen LogP contribution in [-0.4, -0.2) is 28.5 Å². The molecule has 1 aromatic heterocycles. The third-order valence-corrected chi connectivity index (χ3v) is 6.59. The summed E-state index contributed by atoms with van der Waals surface area (Å²) in [5.41, 5.74) is 2.50. The Balaban J connectivity index is 1.95. The first-order chi connectivity index (χ1) is 15.1. The van der Waals surface area contributed by atoms with Crippen molar-refractivity contribution in [1.82, 2.24) is 4.72 Å². The van der Waals surface area contributed by atoms with Crippen molar-refractivity contribution >= 4 is 27.0 Å². The van der Waals surface area contributed by atoms with Crippen LogP contribution in [0.5, 0.6) is 5.75 Å². The van der Waals surface area contributed by atoms with Crippen LogP contribution in [0, 0.1) is 6.92 Å². The number of esters is 1. The SMILES string of the molecule is CNS(=O)(=O)c1cc(C(=O)OCc2cc(=O)oc3cc(C)c(C(C)C)cc23)ccc1OC. The second-order valence-electron chi connectivity index (χ2n) is 7.60. The summed E-state index contributed by atoms with van der Waals surface area (Å²) in [5, 5.41) is 0.680. The van der Waals surface area contributed by atoms with Gasteiger partial charge in [0.1, 0.15) is 22.8 Å². The minimum Gasteiger partial charge on any atom is -0.495 e. The maximum atomic E-state index is 12.7. The van der Waals surface area contributed by atoms with Gasteiger partial charge in [0.2, 0.25) is 10.0 Å². The lowest BCUT2D eigenvalue weighted by Crippen LogP contribution is -2.20. The molecule has 0 amide bonds. The van der Waals surface area contributed by atoms with E-state index in [1.807, 2.05) is 13.0 Å². The fraction of sp³-hybridized carbons (Fsp3) is 0.304. The van der Waals surface area contributed by atoms with Crippen LogP contribution < -0.4 is 15.1 Å². The van der Waals surface area contributed by atoms with E-state index in [2.05, 4.69) is 18.6 Å². The van der Waals surface area contributed by atoms with Crippen molar-refractivity contribution in [3.05, 3.63) is 69.1 Å². The number of hydrogen-bond acceptors (Lipinski definition) is 7. The molecule has 170 valence electrons. The number of carbonyl (C=O) groups is 1. The molecule has 1 N–H and O–H groups in total. The molecular formula is C23H25NO7S. The molecule has 9 heteroatoms. The molecule has 0 saturated carbocycles. The van der Waals surface area contributed by atoms with E-state index >= 15 is 0 Å². The summed E-state index contributed by atoms with van der Waals surface area (Å²) in [5.74, 6) is -0.384. The van der Waals surface area contributed by atoms with E-state index in [1.54, 1.807) is 6.07 Å². The summed E-state index contributed by atoms with van der Waals surface area (Å²) in [6, 6.07) is 9.01. The Morgan fingerprint density at radius 3 is 2.50 bits per heavy atom. The summed E-state index contributed by atoms with van der Waals surface area (Å²) in [7, 11) is -1.25. The average molecular weight is 460 g/mol. The van der Waals surface area contributed by atoms with Crippen molar-refractivity contribution in [3.8, 4) is 5.75 Å². The maximum Gasteiger partial charge on any atom is 0.338 e. The number of aryl methyl sites for hydroxylation is 1. The highest BCUT2D eigenvalue weighted by atomic mass is 32.2. The Morgan fingerprint density at radius 2 is 1.88 bits per heavy atom. The number of hydrogen-bond donors (Lipinski definition) is 1. The first kappa shape index (κ1) is 23.5. The van der Waals surface area contributed by atoms with Crippen molar-refractivity contribution in [3.63, 3.8) is 0 Å². The van der Waals surface area contributed by atoms with Gasteiger partial charge in [0.15, 0.2) is 0 Å². The topological polar surface area (TPSA) is 112 Å². The Bertz CT molecular complexity index is 1340. The molecule has 3 rings (SSSR count). The Kier molecular flexibility index (Phi) is 6.71. The predicted molar refractivity (Wildman–Crippen MR) is 120 cm³/mol. The summed E-state index contributed by atoms with van der Waals surface area (Å²) in [4.78, 5) is 24.5. The van der Waals surface area contributed by atoms with Gasteiger partial charge in [0.05, 0.1) is 12.7 Å². The van der Waals surface area contributed by atoms with Crippen LogP contribution in [-0.2, 0) is 21.4 Å². The Labute approximate surface area is 186 Å². The van der Waals surface area contributed by atoms with Gasteiger partial charge in [-0.1, -0.05) is 13.8 Å². The van der Waals surface area contributed by atoms with E-state index in [9.17, 15) is 18.0 Å². The lowest BCUT2D eigenvalue weighted by molar-refractivity contribution is 0.0473. The van der Waals surface area contributed by atoms with Gasteiger partial charge in [0.25, 0.3) is 0 Å². The minimum atomic E-state index is -3.85. The molecule has 0 aliphatic rings. The molecule has 0 aliphatic heterocycles. The van der Waals surface area contributed by atoms with Gasteiger partial charge in [-0.05, 0) is 61.3 Å². The van der Waals surface area contributed by atoms with Gasteiger partial charge < -0.3 is 13.9 Å². The number of carbonyl (C=O) groups excluding carboxylic acids is 1. The number of rotatable bonds is 7. The third-order valence-electron chi connectivity index (χ3n) is 5.16. The van der Waals surface area contributed by atoms with Crippen molar-refractivity contribution in [1.29, 1.82) is 0 Å². The Morgan fingerprint density at radius 1 is 1.16 bits per heavy atom. The summed E-state index contributed by atoms with van der Waals surface area (Å²) in [6.07, 6.45) is 0. The van der Waals surface area contributed by atoms with Gasteiger partial charge in [-0.3, -0.25) is 0 Å². The van der Waals surface area contributed by atoms with Gasteiger partial charge in [-0.2, -0.15) is 0 Å². The van der Waals surface area contributed by atoms with E-state index in [-0.39, 0.29) is 28.7 Å². The number of sulfonamides is 1. The van der Waals surface area contributed by atoms with Crippen LogP contribution >= 0.6 is 0 Å². The Hall–Kier alpha value is -3.17. The summed E-state index contributed by atoms with van der Waals surface area (Å²) < 4.78 is 42.5. The monoisotopic (exact) mass is 459 g/mol. The standard InChI is InChI=1S/C23H25NO7S/c1-13(2)17-11-18-16(10-22(25)31-20(18)8-14(17)3)12-30-23(26)15-6-7-19(29-5)21(9-15)32(27,28)24-4/h6-11,13,24H,12H2,1-5H3.